The molecule has 0 radical (unpaired) electrons. The lowest BCUT2D eigenvalue weighted by Crippen LogP contribution is -2.02. The van der Waals surface area contributed by atoms with Gasteiger partial charge >= 0.3 is 6.01 Å². The van der Waals surface area contributed by atoms with Crippen molar-refractivity contribution in [3.05, 3.63) is 47.9 Å². The predicted octanol–water partition coefficient (Wildman–Crippen LogP) is 2.15. The quantitative estimate of drug-likeness (QED) is 0.494. The fraction of sp³-hybridized carbons (Fsp3) is 0.0714. The van der Waals surface area contributed by atoms with E-state index in [9.17, 15) is 14.7 Å². The van der Waals surface area contributed by atoms with Gasteiger partial charge in [-0.2, -0.15) is 4.98 Å². The molecule has 0 bridgehead atoms. The number of oxazole rings is 1. The number of aromatic nitrogens is 1. The van der Waals surface area contributed by atoms with Gasteiger partial charge in [0.2, 0.25) is 12.2 Å². The van der Waals surface area contributed by atoms with Crippen molar-refractivity contribution >= 4 is 23.8 Å². The second-order valence-corrected chi connectivity index (χ2v) is 4.05. The average Bonchev–Trinajstić information content (AvgIpc) is 2.79. The Labute approximate surface area is 114 Å². The van der Waals surface area contributed by atoms with E-state index in [-0.39, 0.29) is 23.1 Å². The maximum Gasteiger partial charge on any atom is 0.302 e. The van der Waals surface area contributed by atoms with Gasteiger partial charge in [0.25, 0.3) is 0 Å². The Hall–Kier alpha value is -2.89. The molecular formula is C14H12N2O4. The van der Waals surface area contributed by atoms with Gasteiger partial charge in [-0.1, -0.05) is 18.7 Å². The van der Waals surface area contributed by atoms with Crippen LogP contribution in [0.5, 0.6) is 5.75 Å². The number of aryl methyl sites for hydroxylation is 1. The van der Waals surface area contributed by atoms with E-state index in [0.29, 0.717) is 17.7 Å². The third kappa shape index (κ3) is 2.59. The molecule has 1 aromatic heterocycles. The Morgan fingerprint density at radius 3 is 2.65 bits per heavy atom. The Morgan fingerprint density at radius 1 is 1.40 bits per heavy atom. The number of carbonyl (C=O) groups excluding carboxylic acids is 2. The molecule has 1 aromatic carbocycles. The molecule has 2 rings (SSSR count). The molecule has 0 atom stereocenters. The summed E-state index contributed by atoms with van der Waals surface area (Å²) in [5, 5.41) is 11.5. The maximum atomic E-state index is 12.3. The predicted molar refractivity (Wildman–Crippen MR) is 72.4 cm³/mol. The SMILES string of the molecule is C=C(C(=O)c1oc(NC=O)nc1C)c1ccc(O)cc1. The zero-order chi connectivity index (χ0) is 14.7. The van der Waals surface area contributed by atoms with Crippen LogP contribution in [0, 0.1) is 6.92 Å². The maximum absolute atomic E-state index is 12.3. The van der Waals surface area contributed by atoms with E-state index in [1.54, 1.807) is 19.1 Å². The van der Waals surface area contributed by atoms with E-state index in [1.165, 1.54) is 12.1 Å². The molecule has 1 amide bonds. The van der Waals surface area contributed by atoms with Crippen LogP contribution in [0.3, 0.4) is 0 Å². The van der Waals surface area contributed by atoms with Crippen molar-refractivity contribution in [1.29, 1.82) is 0 Å². The minimum absolute atomic E-state index is 0.0208. The molecule has 0 unspecified atom stereocenters. The molecule has 0 aliphatic carbocycles. The Balaban J connectivity index is 2.28. The minimum Gasteiger partial charge on any atom is -0.508 e. The number of rotatable bonds is 5. The molecule has 1 heterocycles. The number of anilines is 1. The zero-order valence-electron chi connectivity index (χ0n) is 10.7. The number of phenolic OH excluding ortho intramolecular Hbond substituents is 1. The van der Waals surface area contributed by atoms with Gasteiger partial charge in [-0.05, 0) is 24.6 Å². The van der Waals surface area contributed by atoms with Crippen LogP contribution in [0.15, 0.2) is 35.3 Å². The standard InChI is InChI=1S/C14H12N2O4/c1-8(10-3-5-11(18)6-4-10)12(19)13-9(2)16-14(20-13)15-7-17/h3-7,18H,1H2,2H3,(H,15,16,17). The fourth-order valence-electron chi connectivity index (χ4n) is 1.65. The summed E-state index contributed by atoms with van der Waals surface area (Å²) >= 11 is 0. The summed E-state index contributed by atoms with van der Waals surface area (Å²) in [6.45, 7) is 5.31. The third-order valence-electron chi connectivity index (χ3n) is 2.68. The highest BCUT2D eigenvalue weighted by Gasteiger charge is 2.20. The number of carbonyl (C=O) groups is 2. The van der Waals surface area contributed by atoms with Crippen molar-refractivity contribution in [3.8, 4) is 5.75 Å². The first-order valence-corrected chi connectivity index (χ1v) is 5.73. The number of Topliss-reactive ketones (excluding diaryl/α,β-unsaturated/α-hetero) is 1. The number of nitrogens with one attached hydrogen (secondary N) is 1. The van der Waals surface area contributed by atoms with Crippen LogP contribution in [0.25, 0.3) is 5.57 Å². The number of phenols is 1. The number of amides is 1. The second kappa shape index (κ2) is 5.40. The molecule has 6 heteroatoms. The summed E-state index contributed by atoms with van der Waals surface area (Å²) in [6, 6.07) is 6.03. The Morgan fingerprint density at radius 2 is 2.05 bits per heavy atom. The van der Waals surface area contributed by atoms with Crippen LogP contribution in [-0.2, 0) is 4.79 Å². The molecule has 102 valence electrons. The smallest absolute Gasteiger partial charge is 0.302 e. The highest BCUT2D eigenvalue weighted by atomic mass is 16.4. The van der Waals surface area contributed by atoms with Gasteiger partial charge < -0.3 is 9.52 Å². The van der Waals surface area contributed by atoms with Crippen molar-refractivity contribution in [2.24, 2.45) is 0 Å². The first-order chi connectivity index (χ1) is 9.52. The molecule has 2 N–H and O–H groups in total. The topological polar surface area (TPSA) is 92.4 Å². The van der Waals surface area contributed by atoms with E-state index in [1.807, 2.05) is 0 Å². The lowest BCUT2D eigenvalue weighted by molar-refractivity contribution is -0.105. The van der Waals surface area contributed by atoms with Crippen molar-refractivity contribution in [1.82, 2.24) is 4.98 Å². The molecular weight excluding hydrogens is 260 g/mol. The van der Waals surface area contributed by atoms with Gasteiger partial charge in [-0.25, -0.2) is 0 Å². The van der Waals surface area contributed by atoms with Gasteiger partial charge in [0.05, 0.1) is 5.69 Å². The van der Waals surface area contributed by atoms with Crippen LogP contribution < -0.4 is 5.32 Å². The van der Waals surface area contributed by atoms with Crippen molar-refractivity contribution in [2.75, 3.05) is 5.32 Å². The van der Waals surface area contributed by atoms with Crippen molar-refractivity contribution < 1.29 is 19.1 Å². The van der Waals surface area contributed by atoms with Crippen molar-refractivity contribution in [3.63, 3.8) is 0 Å². The first-order valence-electron chi connectivity index (χ1n) is 5.73. The van der Waals surface area contributed by atoms with Gasteiger partial charge in [0, 0.05) is 5.57 Å². The Kier molecular flexibility index (Phi) is 3.65. The number of aromatic hydroxyl groups is 1. The molecule has 0 aliphatic heterocycles. The zero-order valence-corrected chi connectivity index (χ0v) is 10.7. The number of nitrogens with zero attached hydrogens (tertiary/aromatic N) is 1. The summed E-state index contributed by atoms with van der Waals surface area (Å²) in [5.41, 5.74) is 1.13. The van der Waals surface area contributed by atoms with E-state index in [0.717, 1.165) is 0 Å². The number of ketones is 1. The molecule has 0 spiro atoms. The minimum atomic E-state index is -0.431. The highest BCUT2D eigenvalue weighted by molar-refractivity contribution is 6.27. The van der Waals surface area contributed by atoms with Crippen molar-refractivity contribution in [2.45, 2.75) is 6.92 Å². The third-order valence-corrected chi connectivity index (χ3v) is 2.68. The normalized spacial score (nSPS) is 10.1. The van der Waals surface area contributed by atoms with Gasteiger partial charge in [-0.15, -0.1) is 0 Å². The fourth-order valence-corrected chi connectivity index (χ4v) is 1.65. The largest absolute Gasteiger partial charge is 0.508 e. The summed E-state index contributed by atoms with van der Waals surface area (Å²) in [6.07, 6.45) is 0.411. The van der Waals surface area contributed by atoms with Crippen LogP contribution in [0.4, 0.5) is 6.01 Å². The lowest BCUT2D eigenvalue weighted by Gasteiger charge is -2.03. The second-order valence-electron chi connectivity index (χ2n) is 4.05. The lowest BCUT2D eigenvalue weighted by atomic mass is 10.0. The van der Waals surface area contributed by atoms with E-state index < -0.39 is 5.78 Å². The van der Waals surface area contributed by atoms with Gasteiger partial charge in [0.1, 0.15) is 5.75 Å². The van der Waals surface area contributed by atoms with Gasteiger partial charge in [0.15, 0.2) is 5.76 Å². The summed E-state index contributed by atoms with van der Waals surface area (Å²) in [7, 11) is 0. The highest BCUT2D eigenvalue weighted by Crippen LogP contribution is 2.23. The van der Waals surface area contributed by atoms with E-state index in [2.05, 4.69) is 16.9 Å². The monoisotopic (exact) mass is 272 g/mol. The molecule has 2 aromatic rings. The molecule has 6 nitrogen and oxygen atoms in total. The van der Waals surface area contributed by atoms with Crippen LogP contribution >= 0.6 is 0 Å². The Bertz CT molecular complexity index is 671. The van der Waals surface area contributed by atoms with Crippen LogP contribution in [0.1, 0.15) is 21.8 Å². The van der Waals surface area contributed by atoms with Gasteiger partial charge in [-0.3, -0.25) is 14.9 Å². The summed E-state index contributed by atoms with van der Waals surface area (Å²) < 4.78 is 5.17. The molecule has 20 heavy (non-hydrogen) atoms. The summed E-state index contributed by atoms with van der Waals surface area (Å²) in [4.78, 5) is 26.5. The molecule has 0 aliphatic rings. The number of allylic oxidation sites excluding steroid dienone is 1. The molecule has 0 saturated heterocycles. The van der Waals surface area contributed by atoms with Crippen LogP contribution in [0.2, 0.25) is 0 Å². The molecule has 0 fully saturated rings. The number of hydrogen-bond donors (Lipinski definition) is 2. The molecule has 0 saturated carbocycles. The summed E-state index contributed by atoms with van der Waals surface area (Å²) in [5.74, 6) is -0.311. The van der Waals surface area contributed by atoms with Crippen LogP contribution in [-0.4, -0.2) is 22.3 Å². The number of benzene rings is 1. The number of hydrogen-bond acceptors (Lipinski definition) is 5. The first kappa shape index (κ1) is 13.5. The average molecular weight is 272 g/mol. The van der Waals surface area contributed by atoms with E-state index >= 15 is 0 Å². The van der Waals surface area contributed by atoms with E-state index in [4.69, 9.17) is 4.42 Å².